The summed E-state index contributed by atoms with van der Waals surface area (Å²) in [6.07, 6.45) is 3.59. The summed E-state index contributed by atoms with van der Waals surface area (Å²) < 4.78 is 30.3. The van der Waals surface area contributed by atoms with E-state index >= 15 is 0 Å². The van der Waals surface area contributed by atoms with Crippen molar-refractivity contribution < 1.29 is 13.2 Å². The molecule has 3 aromatic carbocycles. The standard InChI is InChI=1S/C24H21N3O3S3/c1-31-24-26-20-12-11-18(15-22(20)32-24)25-23(28)17-7-4-9-19(14-17)33(29,30)27-13-5-8-16-6-2-3-10-21(16)27/h2-4,6-7,9-12,14-15H,5,8,13H2,1H3,(H,25,28). The smallest absolute Gasteiger partial charge is 0.264 e. The van der Waals surface area contributed by atoms with Gasteiger partial charge in [0.2, 0.25) is 0 Å². The van der Waals surface area contributed by atoms with Crippen molar-refractivity contribution in [2.75, 3.05) is 22.4 Å². The van der Waals surface area contributed by atoms with Crippen LogP contribution < -0.4 is 9.62 Å². The maximum absolute atomic E-state index is 13.4. The van der Waals surface area contributed by atoms with E-state index in [1.807, 2.05) is 42.7 Å². The summed E-state index contributed by atoms with van der Waals surface area (Å²) in [5.74, 6) is -0.361. The fourth-order valence-electron chi connectivity index (χ4n) is 3.95. The Kier molecular flexibility index (Phi) is 5.86. The van der Waals surface area contributed by atoms with Gasteiger partial charge >= 0.3 is 0 Å². The number of hydrogen-bond donors (Lipinski definition) is 1. The number of carbonyl (C=O) groups is 1. The molecule has 0 aliphatic carbocycles. The van der Waals surface area contributed by atoms with E-state index in [1.165, 1.54) is 16.4 Å². The van der Waals surface area contributed by atoms with Gasteiger partial charge in [0.25, 0.3) is 15.9 Å². The molecule has 0 unspecified atom stereocenters. The Labute approximate surface area is 200 Å². The summed E-state index contributed by atoms with van der Waals surface area (Å²) in [7, 11) is -3.79. The van der Waals surface area contributed by atoms with Crippen molar-refractivity contribution in [1.82, 2.24) is 4.98 Å². The number of nitrogens with zero attached hydrogens (tertiary/aromatic N) is 2. The minimum absolute atomic E-state index is 0.106. The Morgan fingerprint density at radius 2 is 1.94 bits per heavy atom. The highest BCUT2D eigenvalue weighted by atomic mass is 32.2. The molecule has 0 saturated carbocycles. The summed E-state index contributed by atoms with van der Waals surface area (Å²) in [5, 5.41) is 2.88. The van der Waals surface area contributed by atoms with Crippen LogP contribution >= 0.6 is 23.1 Å². The third-order valence-electron chi connectivity index (χ3n) is 5.55. The van der Waals surface area contributed by atoms with Crippen LogP contribution in [-0.2, 0) is 16.4 Å². The zero-order chi connectivity index (χ0) is 23.0. The number of fused-ring (bicyclic) bond motifs is 2. The van der Waals surface area contributed by atoms with Gasteiger partial charge in [0.05, 0.1) is 20.8 Å². The number of amides is 1. The second kappa shape index (κ2) is 8.81. The van der Waals surface area contributed by atoms with Gasteiger partial charge < -0.3 is 5.32 Å². The highest BCUT2D eigenvalue weighted by Crippen LogP contribution is 2.32. The molecule has 5 rings (SSSR count). The van der Waals surface area contributed by atoms with Crippen molar-refractivity contribution >= 4 is 60.6 Å². The van der Waals surface area contributed by atoms with Gasteiger partial charge in [0, 0.05) is 17.8 Å². The number of carbonyl (C=O) groups excluding carboxylic acids is 1. The van der Waals surface area contributed by atoms with Gasteiger partial charge in [-0.15, -0.1) is 11.3 Å². The van der Waals surface area contributed by atoms with E-state index in [0.717, 1.165) is 33.0 Å². The molecular weight excluding hydrogens is 474 g/mol. The van der Waals surface area contributed by atoms with Crippen molar-refractivity contribution in [2.24, 2.45) is 0 Å². The van der Waals surface area contributed by atoms with Gasteiger partial charge in [-0.1, -0.05) is 36.0 Å². The van der Waals surface area contributed by atoms with Crippen molar-refractivity contribution in [3.8, 4) is 0 Å². The lowest BCUT2D eigenvalue weighted by atomic mass is 10.0. The van der Waals surface area contributed by atoms with Crippen molar-refractivity contribution in [3.63, 3.8) is 0 Å². The molecule has 1 aromatic heterocycles. The zero-order valence-electron chi connectivity index (χ0n) is 17.8. The fourth-order valence-corrected chi connectivity index (χ4v) is 7.06. The fraction of sp³-hybridized carbons (Fsp3) is 0.167. The third-order valence-corrected chi connectivity index (χ3v) is 9.37. The van der Waals surface area contributed by atoms with Crippen LogP contribution in [0, 0.1) is 0 Å². The summed E-state index contributed by atoms with van der Waals surface area (Å²) in [4.78, 5) is 17.5. The Morgan fingerprint density at radius 1 is 1.09 bits per heavy atom. The van der Waals surface area contributed by atoms with Crippen LogP contribution in [0.4, 0.5) is 11.4 Å². The average molecular weight is 496 g/mol. The SMILES string of the molecule is CSc1nc2ccc(NC(=O)c3cccc(S(=O)(=O)N4CCCc5ccccc54)c3)cc2s1. The van der Waals surface area contributed by atoms with E-state index in [2.05, 4.69) is 10.3 Å². The lowest BCUT2D eigenvalue weighted by molar-refractivity contribution is 0.102. The Hall–Kier alpha value is -2.88. The molecule has 0 atom stereocenters. The molecule has 2 heterocycles. The Morgan fingerprint density at radius 3 is 2.79 bits per heavy atom. The van der Waals surface area contributed by atoms with Gasteiger partial charge in [-0.25, -0.2) is 13.4 Å². The summed E-state index contributed by atoms with van der Waals surface area (Å²) in [6.45, 7) is 0.419. The van der Waals surface area contributed by atoms with Crippen LogP contribution in [0.2, 0.25) is 0 Å². The molecule has 0 fully saturated rings. The normalized spacial score (nSPS) is 13.7. The molecule has 0 radical (unpaired) electrons. The monoisotopic (exact) mass is 495 g/mol. The van der Waals surface area contributed by atoms with E-state index in [1.54, 1.807) is 41.3 Å². The molecule has 0 saturated heterocycles. The summed E-state index contributed by atoms with van der Waals surface area (Å²) >= 11 is 3.15. The van der Waals surface area contributed by atoms with Crippen molar-refractivity contribution in [2.45, 2.75) is 22.1 Å². The molecule has 1 aliphatic rings. The molecule has 1 amide bonds. The number of hydrogen-bond acceptors (Lipinski definition) is 6. The summed E-state index contributed by atoms with van der Waals surface area (Å²) in [6, 6.07) is 19.3. The number of sulfonamides is 1. The molecule has 0 spiro atoms. The maximum atomic E-state index is 13.4. The van der Waals surface area contributed by atoms with Gasteiger partial charge in [-0.05, 0) is 67.1 Å². The average Bonchev–Trinajstić information content (AvgIpc) is 3.26. The number of nitrogens with one attached hydrogen (secondary N) is 1. The Bertz CT molecular complexity index is 1460. The van der Waals surface area contributed by atoms with E-state index < -0.39 is 10.0 Å². The quantitative estimate of drug-likeness (QED) is 0.375. The van der Waals surface area contributed by atoms with Gasteiger partial charge in [-0.2, -0.15) is 0 Å². The molecule has 9 heteroatoms. The lowest BCUT2D eigenvalue weighted by Crippen LogP contribution is -2.35. The molecule has 6 nitrogen and oxygen atoms in total. The molecule has 1 aliphatic heterocycles. The lowest BCUT2D eigenvalue weighted by Gasteiger charge is -2.30. The number of benzene rings is 3. The second-order valence-corrected chi connectivity index (χ2v) is 11.6. The minimum atomic E-state index is -3.79. The zero-order valence-corrected chi connectivity index (χ0v) is 20.3. The van der Waals surface area contributed by atoms with E-state index in [9.17, 15) is 13.2 Å². The first-order valence-electron chi connectivity index (χ1n) is 10.4. The molecule has 0 bridgehead atoms. The molecular formula is C24H21N3O3S3. The first-order valence-corrected chi connectivity index (χ1v) is 13.9. The minimum Gasteiger partial charge on any atom is -0.322 e. The number of aromatic nitrogens is 1. The predicted molar refractivity (Wildman–Crippen MR) is 135 cm³/mol. The van der Waals surface area contributed by atoms with E-state index in [-0.39, 0.29) is 16.4 Å². The van der Waals surface area contributed by atoms with Crippen LogP contribution in [0.25, 0.3) is 10.2 Å². The number of anilines is 2. The molecule has 4 aromatic rings. The number of aryl methyl sites for hydroxylation is 1. The summed E-state index contributed by atoms with van der Waals surface area (Å²) in [5.41, 5.74) is 3.54. The number of thioether (sulfide) groups is 1. The molecule has 1 N–H and O–H groups in total. The van der Waals surface area contributed by atoms with E-state index in [4.69, 9.17) is 0 Å². The molecule has 33 heavy (non-hydrogen) atoms. The highest BCUT2D eigenvalue weighted by molar-refractivity contribution is 8.00. The predicted octanol–water partition coefficient (Wildman–Crippen LogP) is 5.41. The van der Waals surface area contributed by atoms with Gasteiger partial charge in [-0.3, -0.25) is 9.10 Å². The number of thiazole rings is 1. The van der Waals surface area contributed by atoms with Crippen LogP contribution in [0.5, 0.6) is 0 Å². The Balaban J connectivity index is 1.41. The highest BCUT2D eigenvalue weighted by Gasteiger charge is 2.29. The van der Waals surface area contributed by atoms with Crippen LogP contribution in [0.1, 0.15) is 22.3 Å². The van der Waals surface area contributed by atoms with Crippen molar-refractivity contribution in [1.29, 1.82) is 0 Å². The van der Waals surface area contributed by atoms with Crippen LogP contribution in [-0.4, -0.2) is 32.1 Å². The van der Waals surface area contributed by atoms with Gasteiger partial charge in [0.1, 0.15) is 0 Å². The van der Waals surface area contributed by atoms with Gasteiger partial charge in [0.15, 0.2) is 4.34 Å². The van der Waals surface area contributed by atoms with Crippen molar-refractivity contribution in [3.05, 3.63) is 77.9 Å². The number of para-hydroxylation sites is 1. The first kappa shape index (κ1) is 21.9. The van der Waals surface area contributed by atoms with E-state index in [0.29, 0.717) is 17.9 Å². The van der Waals surface area contributed by atoms with Crippen LogP contribution in [0.15, 0.2) is 76.0 Å². The molecule has 168 valence electrons. The largest absolute Gasteiger partial charge is 0.322 e. The third kappa shape index (κ3) is 4.23. The number of rotatable bonds is 5. The first-order chi connectivity index (χ1) is 16.0. The topological polar surface area (TPSA) is 79.4 Å². The second-order valence-electron chi connectivity index (χ2n) is 7.66. The van der Waals surface area contributed by atoms with Crippen LogP contribution in [0.3, 0.4) is 0 Å². The maximum Gasteiger partial charge on any atom is 0.264 e.